The summed E-state index contributed by atoms with van der Waals surface area (Å²) in [5.74, 6) is 0. The van der Waals surface area contributed by atoms with E-state index < -0.39 is 11.7 Å². The maximum Gasteiger partial charge on any atom is 0.418 e. The molecule has 0 aliphatic rings. The van der Waals surface area contributed by atoms with Crippen LogP contribution in [0.1, 0.15) is 5.56 Å². The second kappa shape index (κ2) is 3.34. The highest BCUT2D eigenvalue weighted by Crippen LogP contribution is 2.33. The van der Waals surface area contributed by atoms with Gasteiger partial charge >= 0.3 is 6.18 Å². The fourth-order valence-corrected chi connectivity index (χ4v) is 1.40. The number of hydrogen-bond acceptors (Lipinski definition) is 2. The molecule has 0 unspecified atom stereocenters. The molecule has 1 heterocycles. The van der Waals surface area contributed by atoms with E-state index >= 15 is 0 Å². The lowest BCUT2D eigenvalue weighted by atomic mass is 10.1. The van der Waals surface area contributed by atoms with Crippen LogP contribution in [-0.2, 0) is 6.18 Å². The van der Waals surface area contributed by atoms with Crippen LogP contribution in [0.5, 0.6) is 0 Å². The number of fused-ring (bicyclic) bond motifs is 1. The third kappa shape index (κ3) is 1.87. The molecule has 0 aliphatic carbocycles. The summed E-state index contributed by atoms with van der Waals surface area (Å²) in [4.78, 5) is 7.19. The highest BCUT2D eigenvalue weighted by molar-refractivity contribution is 6.28. The first-order valence-electron chi connectivity index (χ1n) is 3.97. The van der Waals surface area contributed by atoms with E-state index in [9.17, 15) is 13.2 Å². The molecule has 6 heteroatoms. The van der Waals surface area contributed by atoms with Gasteiger partial charge in [-0.05, 0) is 17.7 Å². The molecule has 0 saturated carbocycles. The fourth-order valence-electron chi connectivity index (χ4n) is 1.26. The van der Waals surface area contributed by atoms with Crippen molar-refractivity contribution in [1.29, 1.82) is 0 Å². The monoisotopic (exact) mass is 232 g/mol. The molecule has 15 heavy (non-hydrogen) atoms. The van der Waals surface area contributed by atoms with Crippen LogP contribution in [0.3, 0.4) is 0 Å². The molecule has 1 aromatic heterocycles. The molecular weight excluding hydrogens is 229 g/mol. The SMILES string of the molecule is FC(F)(F)c1cccc2cnc(Cl)nc12. The van der Waals surface area contributed by atoms with E-state index in [0.717, 1.165) is 6.07 Å². The van der Waals surface area contributed by atoms with E-state index in [1.54, 1.807) is 0 Å². The Kier molecular flexibility index (Phi) is 2.26. The largest absolute Gasteiger partial charge is 0.418 e. The molecule has 0 spiro atoms. The van der Waals surface area contributed by atoms with E-state index in [1.807, 2.05) is 0 Å². The summed E-state index contributed by atoms with van der Waals surface area (Å²) in [7, 11) is 0. The van der Waals surface area contributed by atoms with E-state index in [1.165, 1.54) is 18.3 Å². The zero-order chi connectivity index (χ0) is 11.1. The molecule has 1 aromatic carbocycles. The predicted molar refractivity (Wildman–Crippen MR) is 49.6 cm³/mol. The van der Waals surface area contributed by atoms with Crippen molar-refractivity contribution in [1.82, 2.24) is 9.97 Å². The lowest BCUT2D eigenvalue weighted by Gasteiger charge is -2.08. The molecule has 78 valence electrons. The Morgan fingerprint density at radius 2 is 1.93 bits per heavy atom. The minimum atomic E-state index is -4.43. The molecule has 0 atom stereocenters. The predicted octanol–water partition coefficient (Wildman–Crippen LogP) is 3.30. The van der Waals surface area contributed by atoms with Crippen molar-refractivity contribution in [2.45, 2.75) is 6.18 Å². The van der Waals surface area contributed by atoms with Crippen LogP contribution < -0.4 is 0 Å². The second-order valence-corrected chi connectivity index (χ2v) is 3.22. The number of alkyl halides is 3. The summed E-state index contributed by atoms with van der Waals surface area (Å²) < 4.78 is 37.6. The fraction of sp³-hybridized carbons (Fsp3) is 0.111. The maximum absolute atomic E-state index is 12.5. The van der Waals surface area contributed by atoms with Gasteiger partial charge in [0.05, 0.1) is 11.1 Å². The van der Waals surface area contributed by atoms with Gasteiger partial charge < -0.3 is 0 Å². The van der Waals surface area contributed by atoms with E-state index in [4.69, 9.17) is 11.6 Å². The average Bonchev–Trinajstić information content (AvgIpc) is 2.15. The Morgan fingerprint density at radius 3 is 2.60 bits per heavy atom. The summed E-state index contributed by atoms with van der Waals surface area (Å²) in [5.41, 5.74) is -0.977. The lowest BCUT2D eigenvalue weighted by molar-refractivity contribution is -0.136. The van der Waals surface area contributed by atoms with Crippen molar-refractivity contribution < 1.29 is 13.2 Å². The van der Waals surface area contributed by atoms with Crippen molar-refractivity contribution in [3.63, 3.8) is 0 Å². The number of para-hydroxylation sites is 1. The number of benzene rings is 1. The van der Waals surface area contributed by atoms with Crippen molar-refractivity contribution in [3.05, 3.63) is 35.2 Å². The highest BCUT2D eigenvalue weighted by atomic mass is 35.5. The molecule has 2 nitrogen and oxygen atoms in total. The standard InChI is InChI=1S/C9H4ClF3N2/c10-8-14-4-5-2-1-3-6(7(5)15-8)9(11,12)13/h1-4H. The lowest BCUT2D eigenvalue weighted by Crippen LogP contribution is -2.06. The van der Waals surface area contributed by atoms with Gasteiger partial charge in [-0.3, -0.25) is 0 Å². The van der Waals surface area contributed by atoms with E-state index in [-0.39, 0.29) is 10.8 Å². The first-order chi connectivity index (χ1) is 6.98. The van der Waals surface area contributed by atoms with Crippen LogP contribution in [0.15, 0.2) is 24.4 Å². The number of aromatic nitrogens is 2. The molecule has 0 aliphatic heterocycles. The van der Waals surface area contributed by atoms with Crippen molar-refractivity contribution in [2.24, 2.45) is 0 Å². The minimum Gasteiger partial charge on any atom is -0.226 e. The van der Waals surface area contributed by atoms with Gasteiger partial charge in [0.1, 0.15) is 0 Å². The number of hydrogen-bond donors (Lipinski definition) is 0. The summed E-state index contributed by atoms with van der Waals surface area (Å²) >= 11 is 5.45. The van der Waals surface area contributed by atoms with Gasteiger partial charge in [0.25, 0.3) is 0 Å². The van der Waals surface area contributed by atoms with Gasteiger partial charge in [0.2, 0.25) is 5.28 Å². The quantitative estimate of drug-likeness (QED) is 0.652. The molecule has 0 N–H and O–H groups in total. The molecule has 0 saturated heterocycles. The van der Waals surface area contributed by atoms with Gasteiger partial charge in [-0.25, -0.2) is 9.97 Å². The van der Waals surface area contributed by atoms with E-state index in [2.05, 4.69) is 9.97 Å². The molecule has 0 fully saturated rings. The van der Waals surface area contributed by atoms with Gasteiger partial charge in [-0.15, -0.1) is 0 Å². The first-order valence-corrected chi connectivity index (χ1v) is 4.35. The third-order valence-corrected chi connectivity index (χ3v) is 2.07. The van der Waals surface area contributed by atoms with Gasteiger partial charge in [0, 0.05) is 11.6 Å². The average molecular weight is 233 g/mol. The Bertz CT molecular complexity index is 510. The normalized spacial score (nSPS) is 12.0. The van der Waals surface area contributed by atoms with Crippen LogP contribution in [0, 0.1) is 0 Å². The van der Waals surface area contributed by atoms with Crippen LogP contribution in [0.4, 0.5) is 13.2 Å². The zero-order valence-corrected chi connectivity index (χ0v) is 7.97. The summed E-state index contributed by atoms with van der Waals surface area (Å²) in [6.07, 6.45) is -3.17. The molecule has 0 bridgehead atoms. The van der Waals surface area contributed by atoms with Crippen molar-refractivity contribution in [2.75, 3.05) is 0 Å². The Morgan fingerprint density at radius 1 is 1.20 bits per heavy atom. The Hall–Kier alpha value is -1.36. The Balaban J connectivity index is 2.80. The molecule has 2 aromatic rings. The van der Waals surface area contributed by atoms with Crippen LogP contribution in [0.2, 0.25) is 5.28 Å². The number of halogens is 4. The third-order valence-electron chi connectivity index (χ3n) is 1.89. The maximum atomic E-state index is 12.5. The summed E-state index contributed by atoms with van der Waals surface area (Å²) in [5, 5.41) is 0.119. The first kappa shape index (κ1) is 10.2. The minimum absolute atomic E-state index is 0.176. The summed E-state index contributed by atoms with van der Waals surface area (Å²) in [6.45, 7) is 0. The van der Waals surface area contributed by atoms with Crippen LogP contribution in [0.25, 0.3) is 10.9 Å². The topological polar surface area (TPSA) is 25.8 Å². The molecule has 0 amide bonds. The van der Waals surface area contributed by atoms with Gasteiger partial charge in [-0.1, -0.05) is 12.1 Å². The highest BCUT2D eigenvalue weighted by Gasteiger charge is 2.33. The van der Waals surface area contributed by atoms with Crippen molar-refractivity contribution in [3.8, 4) is 0 Å². The number of rotatable bonds is 0. The zero-order valence-electron chi connectivity index (χ0n) is 7.22. The van der Waals surface area contributed by atoms with Gasteiger partial charge in [0.15, 0.2) is 0 Å². The summed E-state index contributed by atoms with van der Waals surface area (Å²) in [6, 6.07) is 3.77. The Labute approximate surface area is 87.7 Å². The van der Waals surface area contributed by atoms with Crippen LogP contribution in [-0.4, -0.2) is 9.97 Å². The number of nitrogens with zero attached hydrogens (tertiary/aromatic N) is 2. The van der Waals surface area contributed by atoms with Crippen LogP contribution >= 0.6 is 11.6 Å². The van der Waals surface area contributed by atoms with E-state index in [0.29, 0.717) is 5.39 Å². The molecular formula is C9H4ClF3N2. The molecule has 2 rings (SSSR count). The van der Waals surface area contributed by atoms with Crippen molar-refractivity contribution >= 4 is 22.5 Å². The van der Waals surface area contributed by atoms with Gasteiger partial charge in [-0.2, -0.15) is 13.2 Å². The smallest absolute Gasteiger partial charge is 0.226 e. The second-order valence-electron chi connectivity index (χ2n) is 2.88. The molecule has 0 radical (unpaired) electrons.